The number of esters is 1. The Morgan fingerprint density at radius 2 is 1.83 bits per heavy atom. The normalized spacial score (nSPS) is 49.1. The first kappa shape index (κ1) is 16.0. The van der Waals surface area contributed by atoms with Gasteiger partial charge in [-0.2, -0.15) is 0 Å². The molecule has 9 heteroatoms. The van der Waals surface area contributed by atoms with E-state index < -0.39 is 33.9 Å². The Labute approximate surface area is 134 Å². The molecule has 4 rings (SSSR count). The van der Waals surface area contributed by atoms with Crippen LogP contribution in [0.4, 0.5) is 4.39 Å². The third-order valence-corrected chi connectivity index (χ3v) is 8.52. The first-order valence-electron chi connectivity index (χ1n) is 7.81. The molecule has 0 aromatic rings. The van der Waals surface area contributed by atoms with Gasteiger partial charge in [0.25, 0.3) is 0 Å². The van der Waals surface area contributed by atoms with Crippen molar-refractivity contribution in [2.45, 2.75) is 49.6 Å². The highest BCUT2D eigenvalue weighted by atomic mass is 32.3. The van der Waals surface area contributed by atoms with E-state index in [9.17, 15) is 28.1 Å². The fraction of sp³-hybridized carbons (Fsp3) is 0.929. The van der Waals surface area contributed by atoms with Gasteiger partial charge >= 0.3 is 11.0 Å². The summed E-state index contributed by atoms with van der Waals surface area (Å²) < 4.78 is 47.0. The lowest BCUT2D eigenvalue weighted by Gasteiger charge is -2.93. The average molecular weight is 352 g/mol. The van der Waals surface area contributed by atoms with E-state index in [4.69, 9.17) is 9.62 Å². The van der Waals surface area contributed by atoms with Crippen LogP contribution in [0.5, 0.6) is 0 Å². The molecular weight excluding hydrogens is 331 g/mol. The van der Waals surface area contributed by atoms with Gasteiger partial charge in [-0.15, -0.1) is 0 Å². The molecule has 0 bridgehead atoms. The predicted octanol–water partition coefficient (Wildman–Crippen LogP) is 2.88. The van der Waals surface area contributed by atoms with E-state index in [0.29, 0.717) is 11.8 Å². The van der Waals surface area contributed by atoms with Crippen LogP contribution in [-0.4, -0.2) is 42.1 Å². The number of alkyl halides is 1. The van der Waals surface area contributed by atoms with E-state index in [1.165, 1.54) is 6.92 Å². The van der Waals surface area contributed by atoms with Crippen molar-refractivity contribution in [2.24, 2.45) is 22.7 Å². The quantitative estimate of drug-likeness (QED) is 0.330. The van der Waals surface area contributed by atoms with Crippen molar-refractivity contribution in [3.05, 3.63) is 0 Å². The third kappa shape index (κ3) is 1.41. The standard InChI is InChI=1S/C14H21FO7S/c1-2-13(15,23(18,19)20)10(16)21-7-11-3-8-5-12(22-17)6-9(4-11)14(8,11)12/h8-9,17-20H,2-7H2,1H3. The highest BCUT2D eigenvalue weighted by Crippen LogP contribution is 2.94. The van der Waals surface area contributed by atoms with Crippen LogP contribution in [0.3, 0.4) is 0 Å². The molecule has 4 saturated carbocycles. The molecule has 0 aromatic heterocycles. The first-order chi connectivity index (χ1) is 10.6. The van der Waals surface area contributed by atoms with Gasteiger partial charge in [0.2, 0.25) is 0 Å². The molecule has 4 N–H and O–H groups in total. The lowest BCUT2D eigenvalue weighted by atomic mass is 9.11. The second-order valence-electron chi connectivity index (χ2n) is 7.62. The van der Waals surface area contributed by atoms with Crippen molar-refractivity contribution in [3.63, 3.8) is 0 Å². The van der Waals surface area contributed by atoms with Gasteiger partial charge in [0.05, 0.1) is 6.61 Å². The zero-order valence-electron chi connectivity index (χ0n) is 12.7. The van der Waals surface area contributed by atoms with Gasteiger partial charge in [0, 0.05) is 17.3 Å². The Bertz CT molecular complexity index is 560. The van der Waals surface area contributed by atoms with Gasteiger partial charge < -0.3 is 18.4 Å². The SMILES string of the molecule is CCC(F)(C(=O)OCC12CC3CC4(OO)CC(C1)C324)S(O)(O)O. The van der Waals surface area contributed by atoms with Crippen LogP contribution in [-0.2, 0) is 14.4 Å². The summed E-state index contributed by atoms with van der Waals surface area (Å²) >= 11 is 0. The lowest BCUT2D eigenvalue weighted by molar-refractivity contribution is -0.554. The van der Waals surface area contributed by atoms with E-state index in [1.807, 2.05) is 0 Å². The van der Waals surface area contributed by atoms with E-state index in [-0.39, 0.29) is 17.4 Å². The molecular formula is C14H21FO7S. The van der Waals surface area contributed by atoms with Crippen LogP contribution in [0.15, 0.2) is 0 Å². The van der Waals surface area contributed by atoms with Crippen molar-refractivity contribution >= 4 is 16.8 Å². The second kappa shape index (κ2) is 4.20. The van der Waals surface area contributed by atoms with Crippen LogP contribution < -0.4 is 0 Å². The van der Waals surface area contributed by atoms with Crippen LogP contribution in [0.2, 0.25) is 0 Å². The van der Waals surface area contributed by atoms with Crippen LogP contribution in [0, 0.1) is 22.7 Å². The summed E-state index contributed by atoms with van der Waals surface area (Å²) in [7, 11) is -4.70. The largest absolute Gasteiger partial charge is 0.462 e. The van der Waals surface area contributed by atoms with E-state index >= 15 is 0 Å². The molecule has 0 heterocycles. The highest BCUT2D eigenvalue weighted by Gasteiger charge is 2.95. The van der Waals surface area contributed by atoms with Gasteiger partial charge in [-0.05, 0) is 37.5 Å². The molecule has 3 atom stereocenters. The number of carbonyl (C=O) groups is 1. The van der Waals surface area contributed by atoms with Crippen molar-refractivity contribution in [1.29, 1.82) is 0 Å². The molecule has 132 valence electrons. The zero-order chi connectivity index (χ0) is 16.9. The van der Waals surface area contributed by atoms with Crippen LogP contribution >= 0.6 is 10.9 Å². The summed E-state index contributed by atoms with van der Waals surface area (Å²) in [4.78, 5) is 16.7. The number of ether oxygens (including phenoxy) is 1. The molecule has 0 radical (unpaired) electrons. The van der Waals surface area contributed by atoms with Crippen molar-refractivity contribution in [3.8, 4) is 0 Å². The molecule has 23 heavy (non-hydrogen) atoms. The maximum absolute atomic E-state index is 14.4. The van der Waals surface area contributed by atoms with Gasteiger partial charge in [0.1, 0.15) is 16.5 Å². The molecule has 7 nitrogen and oxygen atoms in total. The maximum atomic E-state index is 14.4. The Hall–Kier alpha value is -0.450. The fourth-order valence-corrected chi connectivity index (χ4v) is 7.09. The molecule has 0 amide bonds. The molecule has 4 fully saturated rings. The number of hydrogen-bond donors (Lipinski definition) is 4. The van der Waals surface area contributed by atoms with Crippen molar-refractivity contribution in [1.82, 2.24) is 0 Å². The molecule has 4 aliphatic carbocycles. The summed E-state index contributed by atoms with van der Waals surface area (Å²) in [6, 6.07) is 0. The van der Waals surface area contributed by atoms with Crippen LogP contribution in [0.1, 0.15) is 39.0 Å². The Balaban J connectivity index is 1.46. The summed E-state index contributed by atoms with van der Waals surface area (Å²) in [6.45, 7) is 1.18. The Morgan fingerprint density at radius 3 is 2.22 bits per heavy atom. The van der Waals surface area contributed by atoms with Crippen molar-refractivity contribution < 1.29 is 37.7 Å². The average Bonchev–Trinajstić information content (AvgIpc) is 2.41. The van der Waals surface area contributed by atoms with E-state index in [2.05, 4.69) is 0 Å². The van der Waals surface area contributed by atoms with E-state index in [0.717, 1.165) is 25.7 Å². The van der Waals surface area contributed by atoms with Crippen molar-refractivity contribution in [2.75, 3.05) is 6.61 Å². The molecule has 1 spiro atoms. The molecule has 0 aliphatic heterocycles. The summed E-state index contributed by atoms with van der Waals surface area (Å²) in [5.41, 5.74) is -1.02. The minimum Gasteiger partial charge on any atom is -0.462 e. The summed E-state index contributed by atoms with van der Waals surface area (Å²) in [5.74, 6) is -0.560. The topological polar surface area (TPSA) is 116 Å². The molecule has 0 saturated heterocycles. The Morgan fingerprint density at radius 1 is 1.26 bits per heavy atom. The summed E-state index contributed by atoms with van der Waals surface area (Å²) in [5, 5.41) is 6.01. The van der Waals surface area contributed by atoms with Gasteiger partial charge in [-0.25, -0.2) is 14.1 Å². The zero-order valence-corrected chi connectivity index (χ0v) is 13.5. The Kier molecular flexibility index (Phi) is 2.93. The third-order valence-electron chi connectivity index (χ3n) is 7.19. The molecule has 4 aliphatic rings. The maximum Gasteiger partial charge on any atom is 0.359 e. The van der Waals surface area contributed by atoms with E-state index in [1.54, 1.807) is 0 Å². The number of hydrogen-bond acceptors (Lipinski definition) is 7. The van der Waals surface area contributed by atoms with Crippen LogP contribution in [0.25, 0.3) is 0 Å². The van der Waals surface area contributed by atoms with Gasteiger partial charge in [-0.1, -0.05) is 6.92 Å². The number of rotatable bonds is 6. The minimum absolute atomic E-state index is 0.0505. The lowest BCUT2D eigenvalue weighted by Crippen LogP contribution is -2.94. The monoisotopic (exact) mass is 352 g/mol. The number of carbonyl (C=O) groups excluding carboxylic acids is 1. The predicted molar refractivity (Wildman–Crippen MR) is 77.3 cm³/mol. The summed E-state index contributed by atoms with van der Waals surface area (Å²) in [6.07, 6.45) is 2.67. The highest BCUT2D eigenvalue weighted by molar-refractivity contribution is 8.21. The first-order valence-corrected chi connectivity index (χ1v) is 9.32. The molecule has 3 unspecified atom stereocenters. The second-order valence-corrected chi connectivity index (χ2v) is 9.31. The minimum atomic E-state index is -4.70. The molecule has 0 aromatic carbocycles. The fourth-order valence-electron chi connectivity index (χ4n) is 6.42. The van der Waals surface area contributed by atoms with Gasteiger partial charge in [0.15, 0.2) is 0 Å². The smallest absolute Gasteiger partial charge is 0.359 e. The van der Waals surface area contributed by atoms with Gasteiger partial charge in [-0.3, -0.25) is 5.26 Å². The number of halogens is 1.